The fourth-order valence-electron chi connectivity index (χ4n) is 1.75. The van der Waals surface area contributed by atoms with E-state index in [-0.39, 0.29) is 5.69 Å². The highest BCUT2D eigenvalue weighted by atomic mass is 16.1. The Labute approximate surface area is 106 Å². The summed E-state index contributed by atoms with van der Waals surface area (Å²) >= 11 is 0. The molecule has 0 aliphatic carbocycles. The van der Waals surface area contributed by atoms with Crippen molar-refractivity contribution in [1.82, 2.24) is 14.9 Å². The van der Waals surface area contributed by atoms with Gasteiger partial charge in [-0.1, -0.05) is 30.3 Å². The number of aromatic nitrogens is 2. The highest BCUT2D eigenvalue weighted by Crippen LogP contribution is 1.96. The van der Waals surface area contributed by atoms with Crippen molar-refractivity contribution in [2.24, 2.45) is 0 Å². The predicted molar refractivity (Wildman–Crippen MR) is 71.4 cm³/mol. The van der Waals surface area contributed by atoms with Gasteiger partial charge in [-0.15, -0.1) is 0 Å². The number of nitrogens with one attached hydrogen (secondary N) is 1. The van der Waals surface area contributed by atoms with E-state index in [0.717, 1.165) is 18.7 Å². The summed E-state index contributed by atoms with van der Waals surface area (Å²) in [5, 5.41) is 3.31. The molecule has 18 heavy (non-hydrogen) atoms. The summed E-state index contributed by atoms with van der Waals surface area (Å²) in [6.07, 6.45) is 3.43. The number of benzene rings is 1. The monoisotopic (exact) mass is 243 g/mol. The largest absolute Gasteiger partial charge is 0.347 e. The molecule has 1 N–H and O–H groups in total. The summed E-state index contributed by atoms with van der Waals surface area (Å²) in [5.41, 5.74) is 2.05. The molecule has 0 spiro atoms. The highest BCUT2D eigenvalue weighted by Gasteiger charge is 1.97. The summed E-state index contributed by atoms with van der Waals surface area (Å²) in [7, 11) is 0. The van der Waals surface area contributed by atoms with E-state index >= 15 is 0 Å². The van der Waals surface area contributed by atoms with Gasteiger partial charge in [-0.2, -0.15) is 0 Å². The van der Waals surface area contributed by atoms with Crippen LogP contribution in [0.1, 0.15) is 11.1 Å². The van der Waals surface area contributed by atoms with Crippen molar-refractivity contribution in [2.45, 2.75) is 20.0 Å². The van der Waals surface area contributed by atoms with Gasteiger partial charge in [0.05, 0.1) is 0 Å². The quantitative estimate of drug-likeness (QED) is 0.806. The molecule has 2 rings (SSSR count). The van der Waals surface area contributed by atoms with Crippen LogP contribution in [0, 0.1) is 6.92 Å². The van der Waals surface area contributed by atoms with Crippen molar-refractivity contribution in [1.29, 1.82) is 0 Å². The van der Waals surface area contributed by atoms with Gasteiger partial charge in [0.1, 0.15) is 0 Å². The Morgan fingerprint density at radius 2 is 2.06 bits per heavy atom. The van der Waals surface area contributed by atoms with E-state index in [1.807, 2.05) is 31.3 Å². The van der Waals surface area contributed by atoms with Gasteiger partial charge in [0.15, 0.2) is 0 Å². The number of aryl methyl sites for hydroxylation is 1. The van der Waals surface area contributed by atoms with Crippen LogP contribution in [-0.4, -0.2) is 16.1 Å². The minimum absolute atomic E-state index is 0.192. The maximum absolute atomic E-state index is 11.5. The summed E-state index contributed by atoms with van der Waals surface area (Å²) in [6.45, 7) is 4.13. The van der Waals surface area contributed by atoms with Crippen LogP contribution in [0.3, 0.4) is 0 Å². The molecule has 0 aliphatic rings. The Kier molecular flexibility index (Phi) is 4.25. The summed E-state index contributed by atoms with van der Waals surface area (Å²) < 4.78 is 1.63. The lowest BCUT2D eigenvalue weighted by atomic mass is 10.2. The summed E-state index contributed by atoms with van der Waals surface area (Å²) in [4.78, 5) is 15.3. The van der Waals surface area contributed by atoms with Gasteiger partial charge < -0.3 is 5.32 Å². The third-order valence-corrected chi connectivity index (χ3v) is 2.69. The molecule has 1 aromatic heterocycles. The summed E-state index contributed by atoms with van der Waals surface area (Å²) in [5.74, 6) is 0. The van der Waals surface area contributed by atoms with Crippen molar-refractivity contribution >= 4 is 0 Å². The van der Waals surface area contributed by atoms with Crippen LogP contribution in [0.5, 0.6) is 0 Å². The molecule has 4 heteroatoms. The standard InChI is InChI=1S/C14H17N3O/c1-12-9-16-14(18)17(11-12)8-7-15-10-13-5-3-2-4-6-13/h2-6,9,11,15H,7-8,10H2,1H3. The van der Waals surface area contributed by atoms with Crippen molar-refractivity contribution < 1.29 is 0 Å². The SMILES string of the molecule is Cc1cnc(=O)n(CCNCc2ccccc2)c1. The molecule has 1 heterocycles. The molecule has 0 saturated carbocycles. The molecule has 1 aromatic carbocycles. The first kappa shape index (κ1) is 12.5. The Morgan fingerprint density at radius 1 is 1.28 bits per heavy atom. The van der Waals surface area contributed by atoms with Crippen LogP contribution >= 0.6 is 0 Å². The van der Waals surface area contributed by atoms with Gasteiger partial charge in [-0.25, -0.2) is 9.78 Å². The highest BCUT2D eigenvalue weighted by molar-refractivity contribution is 5.14. The van der Waals surface area contributed by atoms with E-state index in [2.05, 4.69) is 22.4 Å². The van der Waals surface area contributed by atoms with Gasteiger partial charge in [0.2, 0.25) is 0 Å². The molecule has 4 nitrogen and oxygen atoms in total. The molecular weight excluding hydrogens is 226 g/mol. The average Bonchev–Trinajstić information content (AvgIpc) is 2.40. The minimum Gasteiger partial charge on any atom is -0.311 e. The lowest BCUT2D eigenvalue weighted by Gasteiger charge is -2.07. The predicted octanol–water partition coefficient (Wildman–Crippen LogP) is 1.34. The van der Waals surface area contributed by atoms with E-state index in [1.165, 1.54) is 5.56 Å². The average molecular weight is 243 g/mol. The van der Waals surface area contributed by atoms with Crippen LogP contribution in [-0.2, 0) is 13.1 Å². The van der Waals surface area contributed by atoms with Gasteiger partial charge >= 0.3 is 5.69 Å². The number of hydrogen-bond donors (Lipinski definition) is 1. The lowest BCUT2D eigenvalue weighted by Crippen LogP contribution is -2.28. The molecule has 0 saturated heterocycles. The molecular formula is C14H17N3O. The van der Waals surface area contributed by atoms with Gasteiger partial charge in [0.25, 0.3) is 0 Å². The second-order valence-electron chi connectivity index (χ2n) is 4.27. The first-order valence-electron chi connectivity index (χ1n) is 6.03. The second kappa shape index (κ2) is 6.12. The number of hydrogen-bond acceptors (Lipinski definition) is 3. The van der Waals surface area contributed by atoms with Crippen LogP contribution < -0.4 is 11.0 Å². The zero-order chi connectivity index (χ0) is 12.8. The van der Waals surface area contributed by atoms with E-state index in [4.69, 9.17) is 0 Å². The molecule has 0 aliphatic heterocycles. The molecule has 0 radical (unpaired) electrons. The molecule has 0 unspecified atom stereocenters. The van der Waals surface area contributed by atoms with Crippen molar-refractivity contribution in [3.05, 3.63) is 64.3 Å². The Bertz CT molecular complexity index is 548. The lowest BCUT2D eigenvalue weighted by molar-refractivity contribution is 0.574. The Morgan fingerprint density at radius 3 is 2.83 bits per heavy atom. The van der Waals surface area contributed by atoms with Crippen molar-refractivity contribution in [3.63, 3.8) is 0 Å². The van der Waals surface area contributed by atoms with Crippen LogP contribution in [0.15, 0.2) is 47.5 Å². The third kappa shape index (κ3) is 3.53. The Hall–Kier alpha value is -1.94. The van der Waals surface area contributed by atoms with Crippen LogP contribution in [0.2, 0.25) is 0 Å². The third-order valence-electron chi connectivity index (χ3n) is 2.69. The molecule has 0 fully saturated rings. The first-order chi connectivity index (χ1) is 8.75. The molecule has 0 bridgehead atoms. The van der Waals surface area contributed by atoms with E-state index < -0.39 is 0 Å². The Balaban J connectivity index is 1.82. The normalized spacial score (nSPS) is 10.5. The van der Waals surface area contributed by atoms with E-state index in [1.54, 1.807) is 10.8 Å². The fourth-order valence-corrected chi connectivity index (χ4v) is 1.75. The molecule has 0 atom stereocenters. The van der Waals surface area contributed by atoms with E-state index in [9.17, 15) is 4.79 Å². The van der Waals surface area contributed by atoms with Gasteiger partial charge in [0, 0.05) is 32.0 Å². The topological polar surface area (TPSA) is 46.9 Å². The van der Waals surface area contributed by atoms with Crippen LogP contribution in [0.25, 0.3) is 0 Å². The molecule has 2 aromatic rings. The molecule has 94 valence electrons. The maximum Gasteiger partial charge on any atom is 0.347 e. The number of rotatable bonds is 5. The van der Waals surface area contributed by atoms with Crippen molar-refractivity contribution in [3.8, 4) is 0 Å². The van der Waals surface area contributed by atoms with Crippen LogP contribution in [0.4, 0.5) is 0 Å². The first-order valence-corrected chi connectivity index (χ1v) is 6.03. The fraction of sp³-hybridized carbons (Fsp3) is 0.286. The smallest absolute Gasteiger partial charge is 0.311 e. The van der Waals surface area contributed by atoms with Gasteiger partial charge in [-0.3, -0.25) is 4.57 Å². The van der Waals surface area contributed by atoms with Gasteiger partial charge in [-0.05, 0) is 18.1 Å². The number of nitrogens with zero attached hydrogens (tertiary/aromatic N) is 2. The zero-order valence-electron chi connectivity index (χ0n) is 10.5. The van der Waals surface area contributed by atoms with E-state index in [0.29, 0.717) is 6.54 Å². The van der Waals surface area contributed by atoms with Crippen molar-refractivity contribution in [2.75, 3.05) is 6.54 Å². The maximum atomic E-state index is 11.5. The second-order valence-corrected chi connectivity index (χ2v) is 4.27. The summed E-state index contributed by atoms with van der Waals surface area (Å²) in [6, 6.07) is 10.2. The molecule has 0 amide bonds. The zero-order valence-corrected chi connectivity index (χ0v) is 10.5. The minimum atomic E-state index is -0.192.